The van der Waals surface area contributed by atoms with Crippen LogP contribution in [0.1, 0.15) is 6.92 Å². The number of nitrogens with one attached hydrogen (secondary N) is 1. The normalized spacial score (nSPS) is 42.0. The summed E-state index contributed by atoms with van der Waals surface area (Å²) in [5.41, 5.74) is 0. The van der Waals surface area contributed by atoms with Crippen molar-refractivity contribution in [3.8, 4) is 0 Å². The van der Waals surface area contributed by atoms with Gasteiger partial charge < -0.3 is 5.32 Å². The molecular formula is C9H17FN2. The van der Waals surface area contributed by atoms with Crippen molar-refractivity contribution in [3.63, 3.8) is 0 Å². The molecular weight excluding hydrogens is 155 g/mol. The van der Waals surface area contributed by atoms with Gasteiger partial charge in [-0.3, -0.25) is 4.90 Å². The fraction of sp³-hybridized carbons (Fsp3) is 1.00. The van der Waals surface area contributed by atoms with Crippen molar-refractivity contribution in [1.82, 2.24) is 10.2 Å². The van der Waals surface area contributed by atoms with Gasteiger partial charge in [-0.05, 0) is 31.8 Å². The van der Waals surface area contributed by atoms with Crippen LogP contribution in [0.2, 0.25) is 0 Å². The number of alkyl halides is 1. The van der Waals surface area contributed by atoms with Crippen molar-refractivity contribution < 1.29 is 4.39 Å². The molecule has 3 atom stereocenters. The first-order valence-electron chi connectivity index (χ1n) is 4.83. The molecule has 2 saturated heterocycles. The quantitative estimate of drug-likeness (QED) is 0.652. The van der Waals surface area contributed by atoms with Gasteiger partial charge in [-0.2, -0.15) is 0 Å². The molecule has 1 N–H and O–H groups in total. The number of rotatable bonds is 2. The van der Waals surface area contributed by atoms with Crippen LogP contribution in [0.15, 0.2) is 0 Å². The lowest BCUT2D eigenvalue weighted by molar-refractivity contribution is 0.219. The molecule has 70 valence electrons. The minimum Gasteiger partial charge on any atom is -0.316 e. The minimum absolute atomic E-state index is 0.197. The van der Waals surface area contributed by atoms with Crippen molar-refractivity contribution in [1.29, 1.82) is 0 Å². The van der Waals surface area contributed by atoms with E-state index in [1.54, 1.807) is 0 Å². The fourth-order valence-electron chi connectivity index (χ4n) is 2.66. The lowest BCUT2D eigenvalue weighted by Gasteiger charge is -2.22. The summed E-state index contributed by atoms with van der Waals surface area (Å²) >= 11 is 0. The minimum atomic E-state index is -0.197. The maximum Gasteiger partial charge on any atom is 0.102 e. The zero-order valence-corrected chi connectivity index (χ0v) is 7.59. The first-order valence-corrected chi connectivity index (χ1v) is 4.83. The Morgan fingerprint density at radius 2 is 2.33 bits per heavy atom. The maximum atomic E-state index is 12.1. The number of fused-ring (bicyclic) bond motifs is 1. The third kappa shape index (κ3) is 1.25. The van der Waals surface area contributed by atoms with Crippen LogP contribution in [0.5, 0.6) is 0 Å². The summed E-state index contributed by atoms with van der Waals surface area (Å²) in [4.78, 5) is 2.29. The Bertz CT molecular complexity index is 163. The number of hydrogen-bond donors (Lipinski definition) is 1. The van der Waals surface area contributed by atoms with Crippen molar-refractivity contribution in [3.05, 3.63) is 0 Å². The smallest absolute Gasteiger partial charge is 0.102 e. The van der Waals surface area contributed by atoms with E-state index in [9.17, 15) is 4.39 Å². The molecule has 0 amide bonds. The van der Waals surface area contributed by atoms with Gasteiger partial charge in [-0.25, -0.2) is 4.39 Å². The Morgan fingerprint density at radius 1 is 1.50 bits per heavy atom. The predicted molar refractivity (Wildman–Crippen MR) is 46.9 cm³/mol. The first-order chi connectivity index (χ1) is 5.83. The lowest BCUT2D eigenvalue weighted by atomic mass is 9.95. The highest BCUT2D eigenvalue weighted by Crippen LogP contribution is 2.31. The van der Waals surface area contributed by atoms with Crippen molar-refractivity contribution >= 4 is 0 Å². The van der Waals surface area contributed by atoms with Gasteiger partial charge in [-0.1, -0.05) is 0 Å². The van der Waals surface area contributed by atoms with Gasteiger partial charge in [0.15, 0.2) is 0 Å². The Balaban J connectivity index is 1.96. The van der Waals surface area contributed by atoms with E-state index < -0.39 is 0 Å². The fourth-order valence-corrected chi connectivity index (χ4v) is 2.66. The van der Waals surface area contributed by atoms with Gasteiger partial charge in [-0.15, -0.1) is 0 Å². The van der Waals surface area contributed by atoms with Crippen LogP contribution in [-0.2, 0) is 0 Å². The largest absolute Gasteiger partial charge is 0.316 e. The molecule has 3 unspecified atom stereocenters. The first kappa shape index (κ1) is 8.45. The Morgan fingerprint density at radius 3 is 3.00 bits per heavy atom. The molecule has 0 radical (unpaired) electrons. The molecule has 0 saturated carbocycles. The second-order valence-electron chi connectivity index (χ2n) is 4.01. The molecule has 0 aromatic heterocycles. The van der Waals surface area contributed by atoms with E-state index in [2.05, 4.69) is 17.1 Å². The SMILES string of the molecule is CC1C2CNCC2CN1CCF. The lowest BCUT2D eigenvalue weighted by Crippen LogP contribution is -2.34. The van der Waals surface area contributed by atoms with Crippen LogP contribution in [0, 0.1) is 11.8 Å². The van der Waals surface area contributed by atoms with E-state index in [-0.39, 0.29) is 6.67 Å². The topological polar surface area (TPSA) is 15.3 Å². The monoisotopic (exact) mass is 172 g/mol. The van der Waals surface area contributed by atoms with E-state index in [0.29, 0.717) is 12.6 Å². The second kappa shape index (κ2) is 3.30. The average molecular weight is 172 g/mol. The number of nitrogens with zero attached hydrogens (tertiary/aromatic N) is 1. The summed E-state index contributed by atoms with van der Waals surface area (Å²) in [6, 6.07) is 0.584. The molecule has 3 heteroatoms. The van der Waals surface area contributed by atoms with Crippen LogP contribution in [0.4, 0.5) is 4.39 Å². The van der Waals surface area contributed by atoms with E-state index in [0.717, 1.165) is 31.5 Å². The van der Waals surface area contributed by atoms with Gasteiger partial charge >= 0.3 is 0 Å². The van der Waals surface area contributed by atoms with Crippen LogP contribution >= 0.6 is 0 Å². The summed E-state index contributed by atoms with van der Waals surface area (Å²) in [6.07, 6.45) is 0. The van der Waals surface area contributed by atoms with Gasteiger partial charge in [0.25, 0.3) is 0 Å². The Hall–Kier alpha value is -0.150. The van der Waals surface area contributed by atoms with Crippen molar-refractivity contribution in [2.24, 2.45) is 11.8 Å². The van der Waals surface area contributed by atoms with Gasteiger partial charge in [0.05, 0.1) is 0 Å². The molecule has 0 spiro atoms. The molecule has 0 aromatic carbocycles. The predicted octanol–water partition coefficient (Wildman–Crippen LogP) is 0.496. The summed E-state index contributed by atoms with van der Waals surface area (Å²) in [5.74, 6) is 1.56. The number of halogens is 1. The van der Waals surface area contributed by atoms with E-state index in [1.807, 2.05) is 0 Å². The molecule has 2 fully saturated rings. The van der Waals surface area contributed by atoms with Gasteiger partial charge in [0.2, 0.25) is 0 Å². The van der Waals surface area contributed by atoms with Crippen molar-refractivity contribution in [2.75, 3.05) is 32.9 Å². The standard InChI is InChI=1S/C9H17FN2/c1-7-9-5-11-4-8(9)6-12(7)3-2-10/h7-9,11H,2-6H2,1H3. The van der Waals surface area contributed by atoms with E-state index >= 15 is 0 Å². The molecule has 2 aliphatic heterocycles. The van der Waals surface area contributed by atoms with Crippen LogP contribution in [0.3, 0.4) is 0 Å². The second-order valence-corrected chi connectivity index (χ2v) is 4.01. The molecule has 12 heavy (non-hydrogen) atoms. The molecule has 2 aliphatic rings. The molecule has 0 aliphatic carbocycles. The zero-order valence-electron chi connectivity index (χ0n) is 7.59. The third-order valence-corrected chi connectivity index (χ3v) is 3.43. The molecule has 2 heterocycles. The molecule has 2 nitrogen and oxygen atoms in total. The average Bonchev–Trinajstić information content (AvgIpc) is 2.58. The van der Waals surface area contributed by atoms with Crippen LogP contribution in [0.25, 0.3) is 0 Å². The maximum absolute atomic E-state index is 12.1. The summed E-state index contributed by atoms with van der Waals surface area (Å²) in [5, 5.41) is 3.40. The van der Waals surface area contributed by atoms with E-state index in [1.165, 1.54) is 0 Å². The summed E-state index contributed by atoms with van der Waals surface area (Å²) < 4.78 is 12.1. The molecule has 2 rings (SSSR count). The molecule has 0 bridgehead atoms. The van der Waals surface area contributed by atoms with Crippen molar-refractivity contribution in [2.45, 2.75) is 13.0 Å². The highest BCUT2D eigenvalue weighted by Gasteiger charge is 2.41. The van der Waals surface area contributed by atoms with Gasteiger partial charge in [0, 0.05) is 19.1 Å². The van der Waals surface area contributed by atoms with Crippen LogP contribution < -0.4 is 5.32 Å². The summed E-state index contributed by atoms with van der Waals surface area (Å²) in [6.45, 7) is 6.04. The Labute approximate surface area is 73.1 Å². The zero-order chi connectivity index (χ0) is 8.55. The Kier molecular flexibility index (Phi) is 2.33. The third-order valence-electron chi connectivity index (χ3n) is 3.43. The molecule has 0 aromatic rings. The highest BCUT2D eigenvalue weighted by atomic mass is 19.1. The van der Waals surface area contributed by atoms with Crippen LogP contribution in [-0.4, -0.2) is 43.8 Å². The highest BCUT2D eigenvalue weighted by molar-refractivity contribution is 4.96. The number of hydrogen-bond acceptors (Lipinski definition) is 2. The van der Waals surface area contributed by atoms with E-state index in [4.69, 9.17) is 0 Å². The van der Waals surface area contributed by atoms with Gasteiger partial charge in [0.1, 0.15) is 6.67 Å². The number of likely N-dealkylation sites (tertiary alicyclic amines) is 1. The summed E-state index contributed by atoms with van der Waals surface area (Å²) in [7, 11) is 0.